The maximum Gasteiger partial charge on any atom is 0.0840 e. The van der Waals surface area contributed by atoms with Gasteiger partial charge in [0.25, 0.3) is 0 Å². The maximum absolute atomic E-state index is 9.66. The van der Waals surface area contributed by atoms with Gasteiger partial charge in [-0.1, -0.05) is 20.8 Å². The van der Waals surface area contributed by atoms with Gasteiger partial charge in [-0.2, -0.15) is 0 Å². The molecule has 2 heteroatoms. The van der Waals surface area contributed by atoms with Gasteiger partial charge >= 0.3 is 0 Å². The van der Waals surface area contributed by atoms with Crippen LogP contribution in [-0.2, 0) is 4.74 Å². The average molecular weight is 172 g/mol. The van der Waals surface area contributed by atoms with Gasteiger partial charge in [0.15, 0.2) is 0 Å². The Morgan fingerprint density at radius 1 is 1.33 bits per heavy atom. The summed E-state index contributed by atoms with van der Waals surface area (Å²) in [4.78, 5) is 0. The Kier molecular flexibility index (Phi) is 3.13. The van der Waals surface area contributed by atoms with Gasteiger partial charge in [0.1, 0.15) is 0 Å². The summed E-state index contributed by atoms with van der Waals surface area (Å²) >= 11 is 0. The molecule has 2 nitrogen and oxygen atoms in total. The summed E-state index contributed by atoms with van der Waals surface area (Å²) in [7, 11) is 0. The fraction of sp³-hybridized carbons (Fsp3) is 1.00. The minimum atomic E-state index is -0.241. The molecule has 0 spiro atoms. The van der Waals surface area contributed by atoms with E-state index >= 15 is 0 Å². The van der Waals surface area contributed by atoms with Gasteiger partial charge in [-0.3, -0.25) is 0 Å². The average Bonchev–Trinajstić information content (AvgIpc) is 2.43. The standard InChI is InChI=1S/C10H20O2/c1-4-9-8(11)7-10(5-2,6-3)12-9/h8-9,11H,4-7H2,1-3H3. The van der Waals surface area contributed by atoms with Crippen LogP contribution in [0.2, 0.25) is 0 Å². The monoisotopic (exact) mass is 172 g/mol. The van der Waals surface area contributed by atoms with Gasteiger partial charge in [0.2, 0.25) is 0 Å². The molecule has 0 saturated carbocycles. The van der Waals surface area contributed by atoms with Crippen molar-refractivity contribution in [1.29, 1.82) is 0 Å². The molecule has 0 bridgehead atoms. The molecule has 1 aliphatic rings. The lowest BCUT2D eigenvalue weighted by Gasteiger charge is -2.25. The maximum atomic E-state index is 9.66. The second-order valence-corrected chi connectivity index (χ2v) is 3.73. The zero-order valence-electron chi connectivity index (χ0n) is 8.34. The largest absolute Gasteiger partial charge is 0.390 e. The highest BCUT2D eigenvalue weighted by atomic mass is 16.5. The molecule has 0 aromatic rings. The fourth-order valence-electron chi connectivity index (χ4n) is 2.02. The molecule has 1 N–H and O–H groups in total. The lowest BCUT2D eigenvalue weighted by Crippen LogP contribution is -2.26. The van der Waals surface area contributed by atoms with E-state index in [4.69, 9.17) is 4.74 Å². The third kappa shape index (κ3) is 1.64. The molecule has 12 heavy (non-hydrogen) atoms. The summed E-state index contributed by atoms with van der Waals surface area (Å²) < 4.78 is 5.86. The predicted molar refractivity (Wildman–Crippen MR) is 49.1 cm³/mol. The van der Waals surface area contributed by atoms with Crippen LogP contribution in [0.15, 0.2) is 0 Å². The van der Waals surface area contributed by atoms with E-state index in [1.807, 2.05) is 0 Å². The lowest BCUT2D eigenvalue weighted by molar-refractivity contribution is -0.0574. The number of ether oxygens (including phenoxy) is 1. The van der Waals surface area contributed by atoms with Crippen LogP contribution in [0.3, 0.4) is 0 Å². The first-order valence-electron chi connectivity index (χ1n) is 5.03. The molecule has 1 rings (SSSR count). The Morgan fingerprint density at radius 3 is 2.17 bits per heavy atom. The Balaban J connectivity index is 2.61. The molecule has 72 valence electrons. The second-order valence-electron chi connectivity index (χ2n) is 3.73. The quantitative estimate of drug-likeness (QED) is 0.706. The summed E-state index contributed by atoms with van der Waals surface area (Å²) in [6.07, 6.45) is 3.59. The minimum Gasteiger partial charge on any atom is -0.390 e. The number of hydrogen-bond acceptors (Lipinski definition) is 2. The Morgan fingerprint density at radius 2 is 1.92 bits per heavy atom. The topological polar surface area (TPSA) is 29.5 Å². The molecule has 0 radical (unpaired) electrons. The van der Waals surface area contributed by atoms with Crippen molar-refractivity contribution in [2.45, 2.75) is 64.3 Å². The van der Waals surface area contributed by atoms with E-state index in [0.717, 1.165) is 25.7 Å². The Bertz CT molecular complexity index is 141. The molecule has 1 aliphatic heterocycles. The third-order valence-electron chi connectivity index (χ3n) is 3.10. The molecule has 2 atom stereocenters. The Hall–Kier alpha value is -0.0800. The molecule has 1 heterocycles. The van der Waals surface area contributed by atoms with E-state index in [0.29, 0.717) is 0 Å². The van der Waals surface area contributed by atoms with Crippen molar-refractivity contribution in [1.82, 2.24) is 0 Å². The highest BCUT2D eigenvalue weighted by Gasteiger charge is 2.42. The summed E-state index contributed by atoms with van der Waals surface area (Å²) in [5, 5.41) is 9.66. The van der Waals surface area contributed by atoms with Crippen LogP contribution in [0.5, 0.6) is 0 Å². The van der Waals surface area contributed by atoms with Gasteiger partial charge in [-0.05, 0) is 19.3 Å². The number of aliphatic hydroxyl groups excluding tert-OH is 1. The van der Waals surface area contributed by atoms with Gasteiger partial charge < -0.3 is 9.84 Å². The predicted octanol–water partition coefficient (Wildman–Crippen LogP) is 2.11. The van der Waals surface area contributed by atoms with E-state index in [2.05, 4.69) is 20.8 Å². The van der Waals surface area contributed by atoms with E-state index in [1.54, 1.807) is 0 Å². The van der Waals surface area contributed by atoms with Crippen LogP contribution in [0.1, 0.15) is 46.5 Å². The van der Waals surface area contributed by atoms with Crippen molar-refractivity contribution >= 4 is 0 Å². The summed E-state index contributed by atoms with van der Waals surface area (Å²) in [6.45, 7) is 6.33. The number of rotatable bonds is 3. The fourth-order valence-corrected chi connectivity index (χ4v) is 2.02. The number of aliphatic hydroxyl groups is 1. The smallest absolute Gasteiger partial charge is 0.0840 e. The van der Waals surface area contributed by atoms with Crippen LogP contribution >= 0.6 is 0 Å². The second kappa shape index (κ2) is 3.75. The van der Waals surface area contributed by atoms with E-state index in [-0.39, 0.29) is 17.8 Å². The van der Waals surface area contributed by atoms with Crippen molar-refractivity contribution in [3.05, 3.63) is 0 Å². The molecular weight excluding hydrogens is 152 g/mol. The van der Waals surface area contributed by atoms with E-state index < -0.39 is 0 Å². The van der Waals surface area contributed by atoms with Crippen molar-refractivity contribution in [3.63, 3.8) is 0 Å². The molecule has 0 aliphatic carbocycles. The SMILES string of the molecule is CCC1OC(CC)(CC)CC1O. The summed E-state index contributed by atoms with van der Waals surface area (Å²) in [5.74, 6) is 0. The highest BCUT2D eigenvalue weighted by Crippen LogP contribution is 2.37. The van der Waals surface area contributed by atoms with Crippen LogP contribution in [0, 0.1) is 0 Å². The Labute approximate surface area is 74.9 Å². The highest BCUT2D eigenvalue weighted by molar-refractivity contribution is 4.91. The zero-order chi connectivity index (χ0) is 9.19. The van der Waals surface area contributed by atoms with Crippen molar-refractivity contribution in [3.8, 4) is 0 Å². The molecular formula is C10H20O2. The molecule has 0 amide bonds. The first-order chi connectivity index (χ1) is 5.67. The van der Waals surface area contributed by atoms with Gasteiger partial charge in [-0.25, -0.2) is 0 Å². The normalized spacial score (nSPS) is 34.0. The van der Waals surface area contributed by atoms with Crippen LogP contribution in [0.25, 0.3) is 0 Å². The van der Waals surface area contributed by atoms with Crippen LogP contribution in [0.4, 0.5) is 0 Å². The first kappa shape index (κ1) is 10.0. The van der Waals surface area contributed by atoms with E-state index in [9.17, 15) is 5.11 Å². The first-order valence-corrected chi connectivity index (χ1v) is 5.03. The van der Waals surface area contributed by atoms with Gasteiger partial charge in [0, 0.05) is 6.42 Å². The van der Waals surface area contributed by atoms with Gasteiger partial charge in [0.05, 0.1) is 17.8 Å². The van der Waals surface area contributed by atoms with Crippen molar-refractivity contribution in [2.24, 2.45) is 0 Å². The summed E-state index contributed by atoms with van der Waals surface area (Å²) in [6, 6.07) is 0. The van der Waals surface area contributed by atoms with Gasteiger partial charge in [-0.15, -0.1) is 0 Å². The molecule has 0 aromatic carbocycles. The molecule has 1 saturated heterocycles. The third-order valence-corrected chi connectivity index (χ3v) is 3.10. The number of hydrogen-bond donors (Lipinski definition) is 1. The molecule has 1 fully saturated rings. The van der Waals surface area contributed by atoms with Crippen molar-refractivity contribution in [2.75, 3.05) is 0 Å². The lowest BCUT2D eigenvalue weighted by atomic mass is 9.92. The molecule has 2 unspecified atom stereocenters. The molecule has 0 aromatic heterocycles. The summed E-state index contributed by atoms with van der Waals surface area (Å²) in [5.41, 5.74) is -0.0277. The minimum absolute atomic E-state index is 0.0277. The zero-order valence-corrected chi connectivity index (χ0v) is 8.34. The van der Waals surface area contributed by atoms with E-state index in [1.165, 1.54) is 0 Å². The van der Waals surface area contributed by atoms with Crippen LogP contribution < -0.4 is 0 Å². The van der Waals surface area contributed by atoms with Crippen LogP contribution in [-0.4, -0.2) is 22.9 Å². The van der Waals surface area contributed by atoms with Crippen molar-refractivity contribution < 1.29 is 9.84 Å².